The lowest BCUT2D eigenvalue weighted by Gasteiger charge is -2.05. The van der Waals surface area contributed by atoms with Crippen LogP contribution in [0.2, 0.25) is 0 Å². The molecule has 0 aliphatic carbocycles. The van der Waals surface area contributed by atoms with E-state index in [0.717, 1.165) is 30.2 Å². The van der Waals surface area contributed by atoms with Crippen molar-refractivity contribution in [2.45, 2.75) is 26.8 Å². The molecule has 0 fully saturated rings. The largest absolute Gasteiger partial charge is 0.383 e. The number of nitrogens with one attached hydrogen (secondary N) is 1. The van der Waals surface area contributed by atoms with Crippen molar-refractivity contribution in [1.29, 1.82) is 0 Å². The van der Waals surface area contributed by atoms with Crippen LogP contribution in [0.25, 0.3) is 11.4 Å². The molecule has 0 unspecified atom stereocenters. The molecular weight excluding hydrogens is 192 g/mol. The van der Waals surface area contributed by atoms with Gasteiger partial charge in [0.05, 0.1) is 11.8 Å². The van der Waals surface area contributed by atoms with Gasteiger partial charge in [0, 0.05) is 6.54 Å². The zero-order chi connectivity index (χ0) is 10.8. The quantitative estimate of drug-likeness (QED) is 0.783. The minimum Gasteiger partial charge on any atom is -0.383 e. The molecule has 2 aromatic rings. The number of hydrogen-bond acceptors (Lipinski definition) is 4. The summed E-state index contributed by atoms with van der Waals surface area (Å²) in [5, 5.41) is 14.7. The van der Waals surface area contributed by atoms with Crippen LogP contribution in [0.5, 0.6) is 0 Å². The highest BCUT2D eigenvalue weighted by atomic mass is 15.3. The molecule has 0 saturated heterocycles. The van der Waals surface area contributed by atoms with E-state index in [1.54, 1.807) is 6.20 Å². The van der Waals surface area contributed by atoms with Crippen LogP contribution in [0.1, 0.15) is 19.2 Å². The van der Waals surface area contributed by atoms with Crippen molar-refractivity contribution >= 4 is 5.82 Å². The number of nitrogens with zero attached hydrogens (tertiary/aromatic N) is 4. The Morgan fingerprint density at radius 2 is 2.27 bits per heavy atom. The monoisotopic (exact) mass is 206 g/mol. The molecule has 3 N–H and O–H groups in total. The zero-order valence-electron chi connectivity index (χ0n) is 8.86. The van der Waals surface area contributed by atoms with E-state index >= 15 is 0 Å². The Labute approximate surface area is 87.5 Å². The van der Waals surface area contributed by atoms with Crippen molar-refractivity contribution in [3.63, 3.8) is 0 Å². The summed E-state index contributed by atoms with van der Waals surface area (Å²) in [4.78, 5) is 0. The van der Waals surface area contributed by atoms with E-state index in [1.807, 2.05) is 11.5 Å². The van der Waals surface area contributed by atoms with Gasteiger partial charge in [-0.1, -0.05) is 6.92 Å². The molecule has 0 radical (unpaired) electrons. The lowest BCUT2D eigenvalue weighted by Crippen LogP contribution is -2.02. The third-order valence-corrected chi connectivity index (χ3v) is 2.29. The fourth-order valence-electron chi connectivity index (χ4n) is 1.55. The average Bonchev–Trinajstić information content (AvgIpc) is 2.76. The predicted molar refractivity (Wildman–Crippen MR) is 57.0 cm³/mol. The number of hydrogen-bond donors (Lipinski definition) is 2. The van der Waals surface area contributed by atoms with E-state index < -0.39 is 0 Å². The highest BCUT2D eigenvalue weighted by Gasteiger charge is 2.13. The van der Waals surface area contributed by atoms with Gasteiger partial charge in [-0.25, -0.2) is 0 Å². The summed E-state index contributed by atoms with van der Waals surface area (Å²) >= 11 is 0. The van der Waals surface area contributed by atoms with Crippen LogP contribution >= 0.6 is 0 Å². The molecule has 2 heterocycles. The van der Waals surface area contributed by atoms with Gasteiger partial charge in [0.25, 0.3) is 0 Å². The van der Waals surface area contributed by atoms with Gasteiger partial charge in [0.1, 0.15) is 11.6 Å². The van der Waals surface area contributed by atoms with Crippen molar-refractivity contribution < 1.29 is 0 Å². The van der Waals surface area contributed by atoms with E-state index in [-0.39, 0.29) is 0 Å². The molecule has 0 spiro atoms. The molecule has 0 aliphatic rings. The maximum absolute atomic E-state index is 5.75. The van der Waals surface area contributed by atoms with Gasteiger partial charge in [-0.05, 0) is 13.3 Å². The van der Waals surface area contributed by atoms with Crippen LogP contribution < -0.4 is 5.73 Å². The summed E-state index contributed by atoms with van der Waals surface area (Å²) in [5.41, 5.74) is 6.56. The van der Waals surface area contributed by atoms with Crippen LogP contribution in [0.15, 0.2) is 6.20 Å². The fraction of sp³-hybridized carbons (Fsp3) is 0.444. The smallest absolute Gasteiger partial charge is 0.169 e. The second kappa shape index (κ2) is 3.72. The van der Waals surface area contributed by atoms with Crippen molar-refractivity contribution in [1.82, 2.24) is 25.0 Å². The van der Waals surface area contributed by atoms with Crippen molar-refractivity contribution in [2.75, 3.05) is 5.73 Å². The van der Waals surface area contributed by atoms with Gasteiger partial charge in [0.2, 0.25) is 0 Å². The Hall–Kier alpha value is -1.85. The Bertz CT molecular complexity index is 455. The Balaban J connectivity index is 2.49. The molecule has 0 bridgehead atoms. The third kappa shape index (κ3) is 1.58. The van der Waals surface area contributed by atoms with Gasteiger partial charge < -0.3 is 10.3 Å². The normalized spacial score (nSPS) is 10.8. The molecule has 15 heavy (non-hydrogen) atoms. The van der Waals surface area contributed by atoms with Crippen LogP contribution in [-0.4, -0.2) is 25.0 Å². The topological polar surface area (TPSA) is 85.4 Å². The van der Waals surface area contributed by atoms with Crippen LogP contribution in [0, 0.1) is 6.92 Å². The molecule has 6 heteroatoms. The van der Waals surface area contributed by atoms with E-state index in [4.69, 9.17) is 5.73 Å². The molecule has 80 valence electrons. The maximum Gasteiger partial charge on any atom is 0.169 e. The number of aromatic nitrogens is 5. The summed E-state index contributed by atoms with van der Waals surface area (Å²) < 4.78 is 2.04. The fourth-order valence-corrected chi connectivity index (χ4v) is 1.55. The van der Waals surface area contributed by atoms with Gasteiger partial charge >= 0.3 is 0 Å². The molecule has 0 saturated carbocycles. The molecule has 0 aliphatic heterocycles. The average molecular weight is 206 g/mol. The van der Waals surface area contributed by atoms with Crippen molar-refractivity contribution in [3.05, 3.63) is 12.0 Å². The van der Waals surface area contributed by atoms with Gasteiger partial charge in [-0.15, -0.1) is 10.2 Å². The van der Waals surface area contributed by atoms with E-state index in [2.05, 4.69) is 27.3 Å². The lowest BCUT2D eigenvalue weighted by molar-refractivity contribution is 0.663. The third-order valence-electron chi connectivity index (χ3n) is 2.29. The van der Waals surface area contributed by atoms with Crippen LogP contribution in [0.4, 0.5) is 5.82 Å². The summed E-state index contributed by atoms with van der Waals surface area (Å²) in [7, 11) is 0. The first-order valence-corrected chi connectivity index (χ1v) is 4.93. The Kier molecular flexibility index (Phi) is 2.40. The van der Waals surface area contributed by atoms with Crippen LogP contribution in [-0.2, 0) is 6.54 Å². The number of nitrogen functional groups attached to an aromatic ring is 1. The second-order valence-corrected chi connectivity index (χ2v) is 3.42. The zero-order valence-corrected chi connectivity index (χ0v) is 8.86. The predicted octanol–water partition coefficient (Wildman–Crippen LogP) is 0.969. The van der Waals surface area contributed by atoms with Crippen molar-refractivity contribution in [2.24, 2.45) is 0 Å². The summed E-state index contributed by atoms with van der Waals surface area (Å²) in [6.07, 6.45) is 2.70. The molecular formula is C9H14N6. The van der Waals surface area contributed by atoms with E-state index in [1.165, 1.54) is 0 Å². The van der Waals surface area contributed by atoms with Gasteiger partial charge in [-0.2, -0.15) is 5.10 Å². The van der Waals surface area contributed by atoms with Crippen molar-refractivity contribution in [3.8, 4) is 11.4 Å². The first kappa shape index (κ1) is 9.70. The Morgan fingerprint density at radius 1 is 1.47 bits per heavy atom. The highest BCUT2D eigenvalue weighted by molar-refractivity contribution is 5.67. The number of H-pyrrole nitrogens is 1. The second-order valence-electron chi connectivity index (χ2n) is 3.42. The summed E-state index contributed by atoms with van der Waals surface area (Å²) in [6.45, 7) is 4.93. The van der Waals surface area contributed by atoms with E-state index in [0.29, 0.717) is 5.82 Å². The molecule has 0 amide bonds. The van der Waals surface area contributed by atoms with E-state index in [9.17, 15) is 0 Å². The molecule has 6 nitrogen and oxygen atoms in total. The Morgan fingerprint density at radius 3 is 2.87 bits per heavy atom. The SMILES string of the molecule is CCCn1c(C)nnc1-c1cn[nH]c1N. The first-order valence-electron chi connectivity index (χ1n) is 4.93. The van der Waals surface area contributed by atoms with Crippen LogP contribution in [0.3, 0.4) is 0 Å². The number of nitrogens with two attached hydrogens (primary N) is 1. The minimum absolute atomic E-state index is 0.528. The maximum atomic E-state index is 5.75. The molecule has 0 aromatic carbocycles. The number of aryl methyl sites for hydroxylation is 1. The number of aromatic amines is 1. The molecule has 2 aromatic heterocycles. The highest BCUT2D eigenvalue weighted by Crippen LogP contribution is 2.22. The van der Waals surface area contributed by atoms with Gasteiger partial charge in [0.15, 0.2) is 5.82 Å². The minimum atomic E-state index is 0.528. The summed E-state index contributed by atoms with van der Waals surface area (Å²) in [6, 6.07) is 0. The molecule has 2 rings (SSSR count). The standard InChI is InChI=1S/C9H14N6/c1-3-4-15-6(2)12-14-9(15)7-5-11-13-8(7)10/h5H,3-4H2,1-2H3,(H3,10,11,13). The first-order chi connectivity index (χ1) is 7.24. The lowest BCUT2D eigenvalue weighted by atomic mass is 10.3. The summed E-state index contributed by atoms with van der Waals surface area (Å²) in [5.74, 6) is 2.20. The van der Waals surface area contributed by atoms with Gasteiger partial charge in [-0.3, -0.25) is 5.10 Å². The number of rotatable bonds is 3. The number of anilines is 1. The molecule has 0 atom stereocenters.